The Morgan fingerprint density at radius 1 is 1.38 bits per heavy atom. The molecule has 0 N–H and O–H groups in total. The van der Waals surface area contributed by atoms with Crippen LogP contribution in [-0.2, 0) is 15.5 Å². The molecular formula is C15H17ClF2O3. The number of alkyl halides is 2. The average molecular weight is 319 g/mol. The average Bonchev–Trinajstić information content (AvgIpc) is 2.94. The number of rotatable bonds is 5. The summed E-state index contributed by atoms with van der Waals surface area (Å²) in [5.41, 5.74) is -0.474. The Bertz CT molecular complexity index is 514. The van der Waals surface area contributed by atoms with Gasteiger partial charge in [-0.2, -0.15) is 8.78 Å². The van der Waals surface area contributed by atoms with Gasteiger partial charge < -0.3 is 9.47 Å². The van der Waals surface area contributed by atoms with E-state index in [1.807, 2.05) is 0 Å². The van der Waals surface area contributed by atoms with Crippen LogP contribution in [0.1, 0.15) is 38.2 Å². The van der Waals surface area contributed by atoms with Gasteiger partial charge in [0.15, 0.2) is 0 Å². The van der Waals surface area contributed by atoms with Crippen molar-refractivity contribution in [3.8, 4) is 5.75 Å². The molecule has 0 heterocycles. The molecular weight excluding hydrogens is 302 g/mol. The van der Waals surface area contributed by atoms with Crippen LogP contribution in [0, 0.1) is 0 Å². The zero-order valence-corrected chi connectivity index (χ0v) is 12.5. The molecule has 0 atom stereocenters. The van der Waals surface area contributed by atoms with Gasteiger partial charge in [-0.25, -0.2) is 4.79 Å². The molecule has 0 aromatic heterocycles. The molecule has 1 aromatic carbocycles. The summed E-state index contributed by atoms with van der Waals surface area (Å²) in [4.78, 5) is 11.4. The van der Waals surface area contributed by atoms with Crippen molar-refractivity contribution in [2.75, 3.05) is 6.61 Å². The van der Waals surface area contributed by atoms with Crippen LogP contribution in [0.5, 0.6) is 5.75 Å². The maximum atomic E-state index is 14.0. The Hall–Kier alpha value is -1.36. The standard InChI is InChI=1S/C15H17ClF2O3/c1-2-20-14(19)15(17,18)10-7-8-12(16)13(9-10)21-11-5-3-4-6-11/h7-9,11H,2-6H2,1H3. The van der Waals surface area contributed by atoms with Crippen LogP contribution in [0.25, 0.3) is 0 Å². The molecule has 6 heteroatoms. The van der Waals surface area contributed by atoms with E-state index >= 15 is 0 Å². The molecule has 0 bridgehead atoms. The smallest absolute Gasteiger partial charge is 0.381 e. The summed E-state index contributed by atoms with van der Waals surface area (Å²) < 4.78 is 38.0. The molecule has 3 nitrogen and oxygen atoms in total. The molecule has 0 amide bonds. The lowest BCUT2D eigenvalue weighted by molar-refractivity contribution is -0.173. The molecule has 1 fully saturated rings. The minimum Gasteiger partial charge on any atom is -0.489 e. The van der Waals surface area contributed by atoms with E-state index in [-0.39, 0.29) is 23.5 Å². The van der Waals surface area contributed by atoms with Crippen LogP contribution < -0.4 is 4.74 Å². The predicted molar refractivity (Wildman–Crippen MR) is 74.9 cm³/mol. The first-order valence-electron chi connectivity index (χ1n) is 6.97. The van der Waals surface area contributed by atoms with Gasteiger partial charge in [0.05, 0.1) is 17.7 Å². The van der Waals surface area contributed by atoms with E-state index in [4.69, 9.17) is 16.3 Å². The fourth-order valence-corrected chi connectivity index (χ4v) is 2.48. The molecule has 0 spiro atoms. The summed E-state index contributed by atoms with van der Waals surface area (Å²) in [6.45, 7) is 1.37. The number of hydrogen-bond acceptors (Lipinski definition) is 3. The highest BCUT2D eigenvalue weighted by molar-refractivity contribution is 6.32. The van der Waals surface area contributed by atoms with E-state index in [0.29, 0.717) is 0 Å². The molecule has 1 aromatic rings. The second kappa shape index (κ2) is 6.60. The third-order valence-corrected chi connectivity index (χ3v) is 3.73. The summed E-state index contributed by atoms with van der Waals surface area (Å²) in [5, 5.41) is 0.255. The summed E-state index contributed by atoms with van der Waals surface area (Å²) >= 11 is 5.98. The van der Waals surface area contributed by atoms with Gasteiger partial charge >= 0.3 is 11.9 Å². The van der Waals surface area contributed by atoms with Crippen molar-refractivity contribution in [1.82, 2.24) is 0 Å². The van der Waals surface area contributed by atoms with Gasteiger partial charge in [-0.15, -0.1) is 0 Å². The molecule has 1 aliphatic carbocycles. The number of carbonyl (C=O) groups excluding carboxylic acids is 1. The van der Waals surface area contributed by atoms with Crippen LogP contribution in [0.3, 0.4) is 0 Å². The Kier molecular flexibility index (Phi) is 5.04. The van der Waals surface area contributed by atoms with E-state index in [2.05, 4.69) is 4.74 Å². The van der Waals surface area contributed by atoms with Gasteiger partial charge in [-0.3, -0.25) is 0 Å². The van der Waals surface area contributed by atoms with Gasteiger partial charge in [0, 0.05) is 5.56 Å². The number of halogens is 3. The summed E-state index contributed by atoms with van der Waals surface area (Å²) in [7, 11) is 0. The lowest BCUT2D eigenvalue weighted by Gasteiger charge is -2.18. The minimum absolute atomic E-state index is 0.00559. The van der Waals surface area contributed by atoms with Crippen LogP contribution in [0.4, 0.5) is 8.78 Å². The van der Waals surface area contributed by atoms with Gasteiger partial charge in [0.1, 0.15) is 5.75 Å². The fourth-order valence-electron chi connectivity index (χ4n) is 2.31. The molecule has 0 unspecified atom stereocenters. The van der Waals surface area contributed by atoms with Crippen molar-refractivity contribution >= 4 is 17.6 Å². The molecule has 0 aliphatic heterocycles. The highest BCUT2D eigenvalue weighted by Gasteiger charge is 2.43. The van der Waals surface area contributed by atoms with Gasteiger partial charge in [-0.05, 0) is 44.7 Å². The van der Waals surface area contributed by atoms with E-state index in [0.717, 1.165) is 37.8 Å². The topological polar surface area (TPSA) is 35.5 Å². The van der Waals surface area contributed by atoms with Crippen molar-refractivity contribution in [3.05, 3.63) is 28.8 Å². The highest BCUT2D eigenvalue weighted by Crippen LogP contribution is 2.36. The Balaban J connectivity index is 2.22. The van der Waals surface area contributed by atoms with E-state index in [1.165, 1.54) is 13.0 Å². The Labute approximate surface area is 127 Å². The molecule has 2 rings (SSSR count). The second-order valence-electron chi connectivity index (χ2n) is 4.96. The third-order valence-electron chi connectivity index (χ3n) is 3.42. The number of esters is 1. The number of benzene rings is 1. The Morgan fingerprint density at radius 2 is 2.05 bits per heavy atom. The monoisotopic (exact) mass is 318 g/mol. The minimum atomic E-state index is -3.71. The summed E-state index contributed by atoms with van der Waals surface area (Å²) in [6.07, 6.45) is 3.87. The molecule has 21 heavy (non-hydrogen) atoms. The van der Waals surface area contributed by atoms with Crippen molar-refractivity contribution < 1.29 is 23.0 Å². The van der Waals surface area contributed by atoms with E-state index in [9.17, 15) is 13.6 Å². The molecule has 0 radical (unpaired) electrons. The first kappa shape index (κ1) is 16.0. The predicted octanol–water partition coefficient (Wildman–Crippen LogP) is 4.32. The number of ether oxygens (including phenoxy) is 2. The first-order chi connectivity index (χ1) is 9.95. The molecule has 116 valence electrons. The Morgan fingerprint density at radius 3 is 2.67 bits per heavy atom. The van der Waals surface area contributed by atoms with Gasteiger partial charge in [-0.1, -0.05) is 17.7 Å². The van der Waals surface area contributed by atoms with Crippen LogP contribution in [0.2, 0.25) is 5.02 Å². The van der Waals surface area contributed by atoms with E-state index < -0.39 is 17.5 Å². The first-order valence-corrected chi connectivity index (χ1v) is 7.34. The van der Waals surface area contributed by atoms with E-state index in [1.54, 1.807) is 0 Å². The summed E-state index contributed by atoms with van der Waals surface area (Å²) in [5.74, 6) is -5.10. The molecule has 1 saturated carbocycles. The largest absolute Gasteiger partial charge is 0.489 e. The lowest BCUT2D eigenvalue weighted by Crippen LogP contribution is -2.28. The third kappa shape index (κ3) is 3.64. The second-order valence-corrected chi connectivity index (χ2v) is 5.37. The van der Waals surface area contributed by atoms with Crippen LogP contribution in [0.15, 0.2) is 18.2 Å². The van der Waals surface area contributed by atoms with Crippen molar-refractivity contribution in [1.29, 1.82) is 0 Å². The molecule has 0 saturated heterocycles. The van der Waals surface area contributed by atoms with Crippen molar-refractivity contribution in [2.45, 2.75) is 44.6 Å². The zero-order valence-electron chi connectivity index (χ0n) is 11.7. The summed E-state index contributed by atoms with van der Waals surface area (Å²) in [6, 6.07) is 3.55. The maximum absolute atomic E-state index is 14.0. The zero-order chi connectivity index (χ0) is 15.5. The fraction of sp³-hybridized carbons (Fsp3) is 0.533. The SMILES string of the molecule is CCOC(=O)C(F)(F)c1ccc(Cl)c(OC2CCCC2)c1. The van der Waals surface area contributed by atoms with Crippen molar-refractivity contribution in [3.63, 3.8) is 0 Å². The van der Waals surface area contributed by atoms with Gasteiger partial charge in [0.25, 0.3) is 0 Å². The maximum Gasteiger partial charge on any atom is 0.381 e. The lowest BCUT2D eigenvalue weighted by atomic mass is 10.1. The number of carbonyl (C=O) groups is 1. The normalized spacial score (nSPS) is 16.0. The van der Waals surface area contributed by atoms with Crippen molar-refractivity contribution in [2.24, 2.45) is 0 Å². The van der Waals surface area contributed by atoms with Crippen LogP contribution in [-0.4, -0.2) is 18.7 Å². The highest BCUT2D eigenvalue weighted by atomic mass is 35.5. The quantitative estimate of drug-likeness (QED) is 0.759. The van der Waals surface area contributed by atoms with Gasteiger partial charge in [0.2, 0.25) is 0 Å². The van der Waals surface area contributed by atoms with Crippen LogP contribution >= 0.6 is 11.6 Å². The molecule has 1 aliphatic rings. The number of hydrogen-bond donors (Lipinski definition) is 0.